The summed E-state index contributed by atoms with van der Waals surface area (Å²) in [6.07, 6.45) is 8.59. The third-order valence-electron chi connectivity index (χ3n) is 2.61. The lowest BCUT2D eigenvalue weighted by Gasteiger charge is -2.27. The quantitative estimate of drug-likeness (QED) is 0.580. The molecule has 1 aliphatic heterocycles. The van der Waals surface area contributed by atoms with E-state index in [2.05, 4.69) is 37.9 Å². The third kappa shape index (κ3) is 2.88. The van der Waals surface area contributed by atoms with Crippen molar-refractivity contribution >= 4 is 0 Å². The van der Waals surface area contributed by atoms with E-state index in [-0.39, 0.29) is 0 Å². The maximum atomic E-state index is 2.44. The standard InChI is InChI=1S/C11H21N/c1-10(2)12-8-4-6-11(3)7-5-9-12/h4,8,10-11H,5-7,9H2,1-3H3/b8-4-. The lowest BCUT2D eigenvalue weighted by molar-refractivity contribution is 0.286. The molecule has 0 fully saturated rings. The molecule has 70 valence electrons. The smallest absolute Gasteiger partial charge is 0.0227 e. The topological polar surface area (TPSA) is 3.24 Å². The molecule has 0 bridgehead atoms. The molecule has 1 heteroatoms. The zero-order chi connectivity index (χ0) is 8.97. The van der Waals surface area contributed by atoms with Crippen LogP contribution in [0.5, 0.6) is 0 Å². The normalized spacial score (nSPS) is 28.3. The molecule has 0 saturated carbocycles. The largest absolute Gasteiger partial charge is 0.375 e. The Labute approximate surface area is 76.5 Å². The zero-order valence-corrected chi connectivity index (χ0v) is 8.59. The molecule has 0 aliphatic carbocycles. The molecule has 1 aliphatic rings. The Morgan fingerprint density at radius 1 is 1.42 bits per heavy atom. The molecule has 1 heterocycles. The summed E-state index contributed by atoms with van der Waals surface area (Å²) in [5.74, 6) is 0.885. The van der Waals surface area contributed by atoms with Crippen LogP contribution in [0.15, 0.2) is 12.3 Å². The SMILES string of the molecule is CC1C/C=C\N(C(C)C)CCC1. The van der Waals surface area contributed by atoms with E-state index in [0.29, 0.717) is 6.04 Å². The molecular formula is C11H21N. The molecule has 0 N–H and O–H groups in total. The average molecular weight is 167 g/mol. The van der Waals surface area contributed by atoms with Gasteiger partial charge in [-0.25, -0.2) is 0 Å². The van der Waals surface area contributed by atoms with E-state index in [1.165, 1.54) is 25.8 Å². The average Bonchev–Trinajstić information content (AvgIpc) is 1.95. The van der Waals surface area contributed by atoms with E-state index in [4.69, 9.17) is 0 Å². The highest BCUT2D eigenvalue weighted by Crippen LogP contribution is 2.15. The summed E-state index contributed by atoms with van der Waals surface area (Å²) in [7, 11) is 0. The van der Waals surface area contributed by atoms with E-state index < -0.39 is 0 Å². The Kier molecular flexibility index (Phi) is 3.64. The molecule has 1 atom stereocenters. The Morgan fingerprint density at radius 2 is 2.17 bits per heavy atom. The summed E-state index contributed by atoms with van der Waals surface area (Å²) in [6.45, 7) is 8.10. The van der Waals surface area contributed by atoms with Crippen molar-refractivity contribution in [1.82, 2.24) is 4.90 Å². The van der Waals surface area contributed by atoms with Crippen LogP contribution in [0.2, 0.25) is 0 Å². The van der Waals surface area contributed by atoms with Gasteiger partial charge in [0.2, 0.25) is 0 Å². The van der Waals surface area contributed by atoms with Crippen molar-refractivity contribution in [3.63, 3.8) is 0 Å². The minimum absolute atomic E-state index is 0.662. The van der Waals surface area contributed by atoms with Crippen LogP contribution in [0.4, 0.5) is 0 Å². The highest BCUT2D eigenvalue weighted by Gasteiger charge is 2.08. The van der Waals surface area contributed by atoms with Crippen LogP contribution in [0.25, 0.3) is 0 Å². The first-order chi connectivity index (χ1) is 5.70. The van der Waals surface area contributed by atoms with Crippen LogP contribution in [-0.4, -0.2) is 17.5 Å². The van der Waals surface area contributed by atoms with E-state index in [1.54, 1.807) is 0 Å². The molecule has 0 aromatic carbocycles. The van der Waals surface area contributed by atoms with Crippen molar-refractivity contribution in [2.75, 3.05) is 6.54 Å². The molecule has 0 radical (unpaired) electrons. The first-order valence-electron chi connectivity index (χ1n) is 5.12. The van der Waals surface area contributed by atoms with Gasteiger partial charge in [0.1, 0.15) is 0 Å². The van der Waals surface area contributed by atoms with Gasteiger partial charge < -0.3 is 4.90 Å². The Hall–Kier alpha value is -0.460. The van der Waals surface area contributed by atoms with Crippen LogP contribution >= 0.6 is 0 Å². The predicted octanol–water partition coefficient (Wildman–Crippen LogP) is 3.03. The van der Waals surface area contributed by atoms with Gasteiger partial charge in [0, 0.05) is 12.6 Å². The lowest BCUT2D eigenvalue weighted by atomic mass is 10.00. The predicted molar refractivity (Wildman–Crippen MR) is 54.0 cm³/mol. The summed E-state index contributed by atoms with van der Waals surface area (Å²) < 4.78 is 0. The van der Waals surface area contributed by atoms with Crippen molar-refractivity contribution in [2.45, 2.75) is 46.1 Å². The first-order valence-corrected chi connectivity index (χ1v) is 5.12. The zero-order valence-electron chi connectivity index (χ0n) is 8.59. The molecule has 0 amide bonds. The number of allylic oxidation sites excluding steroid dienone is 1. The number of nitrogens with zero attached hydrogens (tertiary/aromatic N) is 1. The number of rotatable bonds is 1. The highest BCUT2D eigenvalue weighted by atomic mass is 15.1. The third-order valence-corrected chi connectivity index (χ3v) is 2.61. The molecular weight excluding hydrogens is 146 g/mol. The molecule has 0 aromatic heterocycles. The van der Waals surface area contributed by atoms with Crippen LogP contribution < -0.4 is 0 Å². The molecule has 1 nitrogen and oxygen atoms in total. The lowest BCUT2D eigenvalue weighted by Crippen LogP contribution is -2.27. The van der Waals surface area contributed by atoms with Crippen LogP contribution in [0.3, 0.4) is 0 Å². The minimum Gasteiger partial charge on any atom is -0.375 e. The Bertz CT molecular complexity index is 149. The van der Waals surface area contributed by atoms with Gasteiger partial charge in [0.25, 0.3) is 0 Å². The van der Waals surface area contributed by atoms with E-state index in [9.17, 15) is 0 Å². The van der Waals surface area contributed by atoms with Gasteiger partial charge in [-0.05, 0) is 45.2 Å². The Morgan fingerprint density at radius 3 is 2.83 bits per heavy atom. The van der Waals surface area contributed by atoms with E-state index in [0.717, 1.165) is 5.92 Å². The van der Waals surface area contributed by atoms with Gasteiger partial charge in [-0.3, -0.25) is 0 Å². The fourth-order valence-corrected chi connectivity index (χ4v) is 1.67. The van der Waals surface area contributed by atoms with Crippen molar-refractivity contribution in [2.24, 2.45) is 5.92 Å². The summed E-state index contributed by atoms with van der Waals surface area (Å²) in [5.41, 5.74) is 0. The van der Waals surface area contributed by atoms with E-state index >= 15 is 0 Å². The van der Waals surface area contributed by atoms with Crippen LogP contribution in [-0.2, 0) is 0 Å². The monoisotopic (exact) mass is 167 g/mol. The minimum atomic E-state index is 0.662. The molecule has 0 saturated heterocycles. The maximum Gasteiger partial charge on any atom is 0.0227 e. The molecule has 1 unspecified atom stereocenters. The van der Waals surface area contributed by atoms with Crippen LogP contribution in [0.1, 0.15) is 40.0 Å². The van der Waals surface area contributed by atoms with Gasteiger partial charge in [0.15, 0.2) is 0 Å². The summed E-state index contributed by atoms with van der Waals surface area (Å²) in [4.78, 5) is 2.44. The van der Waals surface area contributed by atoms with Gasteiger partial charge in [0.05, 0.1) is 0 Å². The fraction of sp³-hybridized carbons (Fsp3) is 0.818. The first kappa shape index (κ1) is 9.63. The van der Waals surface area contributed by atoms with Crippen LogP contribution in [0, 0.1) is 5.92 Å². The fourth-order valence-electron chi connectivity index (χ4n) is 1.67. The van der Waals surface area contributed by atoms with Gasteiger partial charge in [-0.15, -0.1) is 0 Å². The van der Waals surface area contributed by atoms with Gasteiger partial charge >= 0.3 is 0 Å². The summed E-state index contributed by atoms with van der Waals surface area (Å²) >= 11 is 0. The number of hydrogen-bond donors (Lipinski definition) is 0. The van der Waals surface area contributed by atoms with Gasteiger partial charge in [-0.2, -0.15) is 0 Å². The number of hydrogen-bond acceptors (Lipinski definition) is 1. The second-order valence-electron chi connectivity index (χ2n) is 4.20. The van der Waals surface area contributed by atoms with E-state index in [1.807, 2.05) is 0 Å². The molecule has 0 aromatic rings. The van der Waals surface area contributed by atoms with Crippen molar-refractivity contribution in [3.05, 3.63) is 12.3 Å². The second kappa shape index (κ2) is 4.54. The Balaban J connectivity index is 2.46. The second-order valence-corrected chi connectivity index (χ2v) is 4.20. The van der Waals surface area contributed by atoms with Crippen molar-refractivity contribution < 1.29 is 0 Å². The molecule has 12 heavy (non-hydrogen) atoms. The van der Waals surface area contributed by atoms with Crippen molar-refractivity contribution in [1.29, 1.82) is 0 Å². The molecule has 1 rings (SSSR count). The van der Waals surface area contributed by atoms with Crippen molar-refractivity contribution in [3.8, 4) is 0 Å². The highest BCUT2D eigenvalue weighted by molar-refractivity contribution is 4.87. The maximum absolute atomic E-state index is 2.44. The molecule has 0 spiro atoms. The summed E-state index contributed by atoms with van der Waals surface area (Å²) in [6, 6.07) is 0.662. The summed E-state index contributed by atoms with van der Waals surface area (Å²) in [5, 5.41) is 0. The van der Waals surface area contributed by atoms with Gasteiger partial charge in [-0.1, -0.05) is 13.0 Å².